The van der Waals surface area contributed by atoms with Gasteiger partial charge in [-0.2, -0.15) is 0 Å². The van der Waals surface area contributed by atoms with E-state index >= 15 is 0 Å². The van der Waals surface area contributed by atoms with Crippen LogP contribution in [-0.4, -0.2) is 53.0 Å². The van der Waals surface area contributed by atoms with Crippen LogP contribution in [0.5, 0.6) is 0 Å². The summed E-state index contributed by atoms with van der Waals surface area (Å²) in [5.41, 5.74) is 4.69. The van der Waals surface area contributed by atoms with Crippen LogP contribution in [0.4, 0.5) is 0 Å². The highest BCUT2D eigenvalue weighted by atomic mass is 16.5. The van der Waals surface area contributed by atoms with Crippen molar-refractivity contribution < 1.29 is 9.53 Å². The van der Waals surface area contributed by atoms with Gasteiger partial charge in [-0.05, 0) is 47.7 Å². The lowest BCUT2D eigenvalue weighted by Crippen LogP contribution is -2.51. The second-order valence-electron chi connectivity index (χ2n) is 9.16. The van der Waals surface area contributed by atoms with Gasteiger partial charge in [-0.1, -0.05) is 50.2 Å². The minimum absolute atomic E-state index is 0.0828. The van der Waals surface area contributed by atoms with Crippen molar-refractivity contribution in [2.45, 2.75) is 40.0 Å². The Morgan fingerprint density at radius 3 is 2.84 bits per heavy atom. The minimum Gasteiger partial charge on any atom is -0.366 e. The predicted octanol–water partition coefficient (Wildman–Crippen LogP) is 4.43. The van der Waals surface area contributed by atoms with Gasteiger partial charge in [-0.15, -0.1) is 0 Å². The van der Waals surface area contributed by atoms with E-state index in [1.54, 1.807) is 6.20 Å². The van der Waals surface area contributed by atoms with Crippen LogP contribution in [0.1, 0.15) is 30.5 Å². The van der Waals surface area contributed by atoms with Crippen molar-refractivity contribution in [3.8, 4) is 0 Å². The molecule has 1 amide bonds. The van der Waals surface area contributed by atoms with Crippen molar-refractivity contribution in [1.29, 1.82) is 0 Å². The van der Waals surface area contributed by atoms with Gasteiger partial charge < -0.3 is 9.64 Å². The van der Waals surface area contributed by atoms with Gasteiger partial charge in [0.15, 0.2) is 0 Å². The van der Waals surface area contributed by atoms with Crippen LogP contribution in [0.15, 0.2) is 60.8 Å². The van der Waals surface area contributed by atoms with Crippen LogP contribution in [0.2, 0.25) is 0 Å². The van der Waals surface area contributed by atoms with Gasteiger partial charge in [0, 0.05) is 44.3 Å². The molecule has 168 valence electrons. The molecule has 1 fully saturated rings. The van der Waals surface area contributed by atoms with Crippen molar-refractivity contribution in [1.82, 2.24) is 14.8 Å². The van der Waals surface area contributed by atoms with Gasteiger partial charge in [-0.3, -0.25) is 14.7 Å². The normalized spacial score (nSPS) is 17.1. The van der Waals surface area contributed by atoms with Crippen molar-refractivity contribution in [3.05, 3.63) is 77.5 Å². The van der Waals surface area contributed by atoms with E-state index in [9.17, 15) is 4.79 Å². The number of hydrogen-bond acceptors (Lipinski definition) is 4. The monoisotopic (exact) mass is 431 g/mol. The van der Waals surface area contributed by atoms with Crippen LogP contribution in [0, 0.1) is 12.8 Å². The molecule has 1 saturated heterocycles. The molecule has 5 nitrogen and oxygen atoms in total. The average Bonchev–Trinajstić information content (AvgIpc) is 2.79. The second kappa shape index (κ2) is 10.2. The molecule has 4 rings (SSSR count). The third-order valence-electron chi connectivity index (χ3n) is 6.02. The van der Waals surface area contributed by atoms with E-state index < -0.39 is 6.10 Å². The van der Waals surface area contributed by atoms with E-state index in [-0.39, 0.29) is 5.91 Å². The third kappa shape index (κ3) is 5.53. The van der Waals surface area contributed by atoms with Crippen molar-refractivity contribution in [3.63, 3.8) is 0 Å². The summed E-state index contributed by atoms with van der Waals surface area (Å²) in [6.45, 7) is 10.6. The molecule has 2 heterocycles. The Labute approximate surface area is 191 Å². The molecule has 5 heteroatoms. The van der Waals surface area contributed by atoms with Crippen LogP contribution in [-0.2, 0) is 22.6 Å². The highest BCUT2D eigenvalue weighted by molar-refractivity contribution is 5.82. The topological polar surface area (TPSA) is 45.7 Å². The van der Waals surface area contributed by atoms with E-state index in [2.05, 4.69) is 73.1 Å². The molecule has 0 bridgehead atoms. The van der Waals surface area contributed by atoms with E-state index in [1.165, 1.54) is 11.1 Å². The number of carbonyl (C=O) groups excluding carboxylic acids is 1. The third-order valence-corrected chi connectivity index (χ3v) is 6.02. The largest absolute Gasteiger partial charge is 0.366 e. The molecular formula is C27H33N3O2. The summed E-state index contributed by atoms with van der Waals surface area (Å²) in [4.78, 5) is 22.2. The number of fused-ring (bicyclic) bond motifs is 1. The lowest BCUT2D eigenvalue weighted by Gasteiger charge is -2.36. The summed E-state index contributed by atoms with van der Waals surface area (Å²) >= 11 is 0. The second-order valence-corrected chi connectivity index (χ2v) is 9.16. The average molecular weight is 432 g/mol. The fraction of sp³-hybridized carbons (Fsp3) is 0.407. The van der Waals surface area contributed by atoms with Gasteiger partial charge in [0.2, 0.25) is 0 Å². The fourth-order valence-electron chi connectivity index (χ4n) is 4.34. The van der Waals surface area contributed by atoms with Crippen molar-refractivity contribution in [2.24, 2.45) is 5.92 Å². The van der Waals surface area contributed by atoms with E-state index in [0.717, 1.165) is 29.6 Å². The number of carbonyl (C=O) groups is 1. The molecule has 0 radical (unpaired) electrons. The van der Waals surface area contributed by atoms with E-state index in [4.69, 9.17) is 4.74 Å². The van der Waals surface area contributed by atoms with Crippen molar-refractivity contribution >= 4 is 16.8 Å². The molecule has 2 aromatic carbocycles. The quantitative estimate of drug-likeness (QED) is 0.555. The molecule has 0 spiro atoms. The minimum atomic E-state index is -0.423. The molecule has 1 atom stereocenters. The lowest BCUT2D eigenvalue weighted by molar-refractivity contribution is -0.151. The maximum Gasteiger partial charge on any atom is 0.253 e. The molecular weight excluding hydrogens is 398 g/mol. The lowest BCUT2D eigenvalue weighted by atomic mass is 10.1. The number of ether oxygens (including phenoxy) is 1. The molecule has 1 aliphatic rings. The van der Waals surface area contributed by atoms with Gasteiger partial charge in [-0.25, -0.2) is 0 Å². The Balaban J connectivity index is 1.47. The summed E-state index contributed by atoms with van der Waals surface area (Å²) in [6, 6.07) is 18.7. The maximum absolute atomic E-state index is 13.5. The first-order chi connectivity index (χ1) is 15.5. The SMILES string of the molecule is Cc1ccccc1CN1CCOC(C(=O)N(Cc2ccc3ncccc3c2)CC(C)C)C1. The number of benzene rings is 2. The first-order valence-corrected chi connectivity index (χ1v) is 11.5. The first kappa shape index (κ1) is 22.4. The Kier molecular flexibility index (Phi) is 7.18. The number of hydrogen-bond donors (Lipinski definition) is 0. The summed E-state index contributed by atoms with van der Waals surface area (Å²) in [6.07, 6.45) is 1.38. The van der Waals surface area contributed by atoms with Crippen LogP contribution >= 0.6 is 0 Å². The first-order valence-electron chi connectivity index (χ1n) is 11.5. The van der Waals surface area contributed by atoms with Crippen LogP contribution in [0.25, 0.3) is 10.9 Å². The Bertz CT molecular complexity index is 1070. The Morgan fingerprint density at radius 1 is 1.19 bits per heavy atom. The number of pyridine rings is 1. The van der Waals surface area contributed by atoms with Gasteiger partial charge in [0.25, 0.3) is 5.91 Å². The van der Waals surface area contributed by atoms with E-state index in [0.29, 0.717) is 32.2 Å². The fourth-order valence-corrected chi connectivity index (χ4v) is 4.34. The molecule has 0 saturated carbocycles. The standard InChI is InChI=1S/C27H33N3O2/c1-20(2)16-30(17-22-10-11-25-23(15-22)9-6-12-28-25)27(31)26-19-29(13-14-32-26)18-24-8-5-4-7-21(24)3/h4-12,15,20,26H,13-14,16-19H2,1-3H3. The summed E-state index contributed by atoms with van der Waals surface area (Å²) in [5.74, 6) is 0.465. The van der Waals surface area contributed by atoms with Gasteiger partial charge >= 0.3 is 0 Å². The number of aryl methyl sites for hydroxylation is 1. The Morgan fingerprint density at radius 2 is 2.03 bits per heavy atom. The Hall–Kier alpha value is -2.76. The smallest absolute Gasteiger partial charge is 0.253 e. The van der Waals surface area contributed by atoms with Gasteiger partial charge in [0.1, 0.15) is 6.10 Å². The predicted molar refractivity (Wildman–Crippen MR) is 128 cm³/mol. The summed E-state index contributed by atoms with van der Waals surface area (Å²) in [5, 5.41) is 1.10. The number of rotatable bonds is 7. The zero-order chi connectivity index (χ0) is 22.5. The molecule has 1 unspecified atom stereocenters. The summed E-state index contributed by atoms with van der Waals surface area (Å²) in [7, 11) is 0. The van der Waals surface area contributed by atoms with E-state index in [1.807, 2.05) is 17.0 Å². The molecule has 3 aromatic rings. The number of amides is 1. The molecule has 0 aliphatic carbocycles. The molecule has 0 N–H and O–H groups in total. The highest BCUT2D eigenvalue weighted by Crippen LogP contribution is 2.19. The summed E-state index contributed by atoms with van der Waals surface area (Å²) < 4.78 is 5.97. The zero-order valence-electron chi connectivity index (χ0n) is 19.3. The highest BCUT2D eigenvalue weighted by Gasteiger charge is 2.30. The number of nitrogens with zero attached hydrogens (tertiary/aromatic N) is 3. The van der Waals surface area contributed by atoms with Crippen LogP contribution in [0.3, 0.4) is 0 Å². The molecule has 1 aliphatic heterocycles. The van der Waals surface area contributed by atoms with Gasteiger partial charge in [0.05, 0.1) is 12.1 Å². The number of morpholine rings is 1. The molecule has 1 aromatic heterocycles. The zero-order valence-corrected chi connectivity index (χ0v) is 19.3. The number of aromatic nitrogens is 1. The maximum atomic E-state index is 13.5. The van der Waals surface area contributed by atoms with Crippen LogP contribution < -0.4 is 0 Å². The molecule has 32 heavy (non-hydrogen) atoms. The van der Waals surface area contributed by atoms with Crippen molar-refractivity contribution in [2.75, 3.05) is 26.2 Å².